The van der Waals surface area contributed by atoms with Crippen molar-refractivity contribution in [2.24, 2.45) is 0 Å². The summed E-state index contributed by atoms with van der Waals surface area (Å²) < 4.78 is 0. The first kappa shape index (κ1) is 16.1. The van der Waals surface area contributed by atoms with Gasteiger partial charge in [-0.2, -0.15) is 0 Å². The van der Waals surface area contributed by atoms with Gasteiger partial charge in [0.15, 0.2) is 0 Å². The minimum Gasteiger partial charge on any atom is -0.387 e. The van der Waals surface area contributed by atoms with Gasteiger partial charge in [-0.15, -0.1) is 0 Å². The van der Waals surface area contributed by atoms with E-state index in [4.69, 9.17) is 11.6 Å². The summed E-state index contributed by atoms with van der Waals surface area (Å²) in [6, 6.07) is 15.7. The molecule has 0 saturated heterocycles. The highest BCUT2D eigenvalue weighted by molar-refractivity contribution is 6.30. The molecule has 1 unspecified atom stereocenters. The largest absolute Gasteiger partial charge is 0.387 e. The number of aromatic nitrogens is 1. The molecule has 120 valence electrons. The first-order valence-corrected chi connectivity index (χ1v) is 8.31. The Balaban J connectivity index is 1.43. The van der Waals surface area contributed by atoms with E-state index in [0.717, 1.165) is 24.9 Å². The van der Waals surface area contributed by atoms with Crippen molar-refractivity contribution < 1.29 is 5.11 Å². The maximum Gasteiger partial charge on any atom is 0.0914 e. The monoisotopic (exact) mass is 328 g/mol. The summed E-state index contributed by atoms with van der Waals surface area (Å²) >= 11 is 5.94. The van der Waals surface area contributed by atoms with Crippen molar-refractivity contribution in [2.75, 3.05) is 13.1 Å². The van der Waals surface area contributed by atoms with E-state index in [1.807, 2.05) is 24.3 Å². The van der Waals surface area contributed by atoms with Crippen LogP contribution in [0.4, 0.5) is 0 Å². The number of halogens is 1. The number of aryl methyl sites for hydroxylation is 1. The van der Waals surface area contributed by atoms with E-state index in [0.29, 0.717) is 11.6 Å². The second-order valence-corrected chi connectivity index (χ2v) is 6.17. The standard InChI is InChI=1S/C19H21ClN2O/c20-16-7-3-5-14(11-16)19(23)13-21-10-4-6-15-12-22-18-9-2-1-8-17(15)18/h1-3,5,7-9,11-12,19,21-23H,4,6,10,13H2. The lowest BCUT2D eigenvalue weighted by atomic mass is 10.1. The normalized spacial score (nSPS) is 12.6. The second kappa shape index (κ2) is 7.64. The molecule has 3 rings (SSSR count). The topological polar surface area (TPSA) is 48.0 Å². The number of hydrogen-bond acceptors (Lipinski definition) is 2. The zero-order valence-electron chi connectivity index (χ0n) is 12.9. The molecule has 0 aliphatic heterocycles. The molecular weight excluding hydrogens is 308 g/mol. The first-order valence-electron chi connectivity index (χ1n) is 7.93. The van der Waals surface area contributed by atoms with Crippen molar-refractivity contribution in [3.63, 3.8) is 0 Å². The fourth-order valence-corrected chi connectivity index (χ4v) is 3.01. The Bertz CT molecular complexity index is 769. The molecule has 3 N–H and O–H groups in total. The predicted molar refractivity (Wildman–Crippen MR) is 95.9 cm³/mol. The van der Waals surface area contributed by atoms with Crippen LogP contribution in [0.15, 0.2) is 54.7 Å². The zero-order chi connectivity index (χ0) is 16.1. The van der Waals surface area contributed by atoms with Crippen molar-refractivity contribution in [1.29, 1.82) is 0 Å². The minimum absolute atomic E-state index is 0.526. The molecule has 0 saturated carbocycles. The Morgan fingerprint density at radius 1 is 1.13 bits per heavy atom. The summed E-state index contributed by atoms with van der Waals surface area (Å²) in [5, 5.41) is 15.4. The molecule has 0 radical (unpaired) electrons. The number of hydrogen-bond donors (Lipinski definition) is 3. The molecule has 2 aromatic carbocycles. The number of rotatable bonds is 7. The van der Waals surface area contributed by atoms with Gasteiger partial charge in [0.1, 0.15) is 0 Å². The molecule has 1 heterocycles. The van der Waals surface area contributed by atoms with Crippen molar-refractivity contribution in [2.45, 2.75) is 18.9 Å². The third-order valence-electron chi connectivity index (χ3n) is 4.05. The van der Waals surface area contributed by atoms with Crippen molar-refractivity contribution >= 4 is 22.5 Å². The van der Waals surface area contributed by atoms with Gasteiger partial charge in [0.2, 0.25) is 0 Å². The smallest absolute Gasteiger partial charge is 0.0914 e. The number of aliphatic hydroxyl groups is 1. The SMILES string of the molecule is OC(CNCCCc1c[nH]c2ccccc12)c1cccc(Cl)c1. The van der Waals surface area contributed by atoms with Gasteiger partial charge in [-0.1, -0.05) is 41.9 Å². The zero-order valence-corrected chi connectivity index (χ0v) is 13.7. The average molecular weight is 329 g/mol. The number of aliphatic hydroxyl groups excluding tert-OH is 1. The number of para-hydroxylation sites is 1. The van der Waals surface area contributed by atoms with Crippen LogP contribution in [0.1, 0.15) is 23.7 Å². The van der Waals surface area contributed by atoms with Crippen LogP contribution in [0.25, 0.3) is 10.9 Å². The van der Waals surface area contributed by atoms with Crippen molar-refractivity contribution in [3.8, 4) is 0 Å². The quantitative estimate of drug-likeness (QED) is 0.572. The highest BCUT2D eigenvalue weighted by atomic mass is 35.5. The highest BCUT2D eigenvalue weighted by Gasteiger charge is 2.07. The van der Waals surface area contributed by atoms with Gasteiger partial charge < -0.3 is 15.4 Å². The molecule has 0 amide bonds. The van der Waals surface area contributed by atoms with Crippen molar-refractivity contribution in [3.05, 3.63) is 70.9 Å². The van der Waals surface area contributed by atoms with Gasteiger partial charge in [0.05, 0.1) is 6.10 Å². The predicted octanol–water partition coefficient (Wildman–Crippen LogP) is 4.08. The lowest BCUT2D eigenvalue weighted by Gasteiger charge is -2.12. The van der Waals surface area contributed by atoms with E-state index in [1.54, 1.807) is 6.07 Å². The van der Waals surface area contributed by atoms with Crippen LogP contribution >= 0.6 is 11.6 Å². The lowest BCUT2D eigenvalue weighted by Crippen LogP contribution is -2.22. The van der Waals surface area contributed by atoms with Gasteiger partial charge in [-0.3, -0.25) is 0 Å². The van der Waals surface area contributed by atoms with Crippen molar-refractivity contribution in [1.82, 2.24) is 10.3 Å². The fraction of sp³-hybridized carbons (Fsp3) is 0.263. The van der Waals surface area contributed by atoms with Gasteiger partial charge >= 0.3 is 0 Å². The van der Waals surface area contributed by atoms with Gasteiger partial charge in [0.25, 0.3) is 0 Å². The summed E-state index contributed by atoms with van der Waals surface area (Å²) in [4.78, 5) is 3.30. The van der Waals surface area contributed by atoms with E-state index in [9.17, 15) is 5.11 Å². The molecular formula is C19H21ClN2O. The number of fused-ring (bicyclic) bond motifs is 1. The summed E-state index contributed by atoms with van der Waals surface area (Å²) in [7, 11) is 0. The molecule has 3 nitrogen and oxygen atoms in total. The van der Waals surface area contributed by atoms with Gasteiger partial charge in [-0.25, -0.2) is 0 Å². The number of aromatic amines is 1. The van der Waals surface area contributed by atoms with E-state index in [2.05, 4.69) is 34.7 Å². The summed E-state index contributed by atoms with van der Waals surface area (Å²) in [6.07, 6.45) is 3.61. The third kappa shape index (κ3) is 4.14. The number of H-pyrrole nitrogens is 1. The minimum atomic E-state index is -0.526. The molecule has 1 aromatic heterocycles. The summed E-state index contributed by atoms with van der Waals surface area (Å²) in [5.74, 6) is 0. The van der Waals surface area contributed by atoms with Crippen LogP contribution in [-0.4, -0.2) is 23.2 Å². The molecule has 23 heavy (non-hydrogen) atoms. The maximum absolute atomic E-state index is 10.1. The molecule has 0 fully saturated rings. The van der Waals surface area contributed by atoms with E-state index >= 15 is 0 Å². The van der Waals surface area contributed by atoms with E-state index in [1.165, 1.54) is 16.5 Å². The fourth-order valence-electron chi connectivity index (χ4n) is 2.81. The maximum atomic E-state index is 10.1. The molecule has 4 heteroatoms. The number of benzene rings is 2. The Labute approximate surface area is 141 Å². The number of nitrogens with one attached hydrogen (secondary N) is 2. The van der Waals surface area contributed by atoms with Crippen LogP contribution in [0.3, 0.4) is 0 Å². The Hall–Kier alpha value is -1.81. The van der Waals surface area contributed by atoms with Crippen LogP contribution < -0.4 is 5.32 Å². The molecule has 3 aromatic rings. The summed E-state index contributed by atoms with van der Waals surface area (Å²) in [5.41, 5.74) is 3.38. The highest BCUT2D eigenvalue weighted by Crippen LogP contribution is 2.19. The Morgan fingerprint density at radius 3 is 2.87 bits per heavy atom. The van der Waals surface area contributed by atoms with Crippen LogP contribution in [0.2, 0.25) is 5.02 Å². The molecule has 1 atom stereocenters. The van der Waals surface area contributed by atoms with Gasteiger partial charge in [0, 0.05) is 28.7 Å². The van der Waals surface area contributed by atoms with Gasteiger partial charge in [-0.05, 0) is 48.7 Å². The Kier molecular flexibility index (Phi) is 5.34. The van der Waals surface area contributed by atoms with Crippen LogP contribution in [0.5, 0.6) is 0 Å². The Morgan fingerprint density at radius 2 is 2.00 bits per heavy atom. The third-order valence-corrected chi connectivity index (χ3v) is 4.28. The molecule has 0 aliphatic rings. The van der Waals surface area contributed by atoms with E-state index < -0.39 is 6.10 Å². The van der Waals surface area contributed by atoms with Crippen LogP contribution in [-0.2, 0) is 6.42 Å². The van der Waals surface area contributed by atoms with Crippen LogP contribution in [0, 0.1) is 0 Å². The summed E-state index contributed by atoms with van der Waals surface area (Å²) in [6.45, 7) is 1.41. The molecule has 0 spiro atoms. The van der Waals surface area contributed by atoms with E-state index in [-0.39, 0.29) is 0 Å². The molecule has 0 aliphatic carbocycles. The lowest BCUT2D eigenvalue weighted by molar-refractivity contribution is 0.175. The first-order chi connectivity index (χ1) is 11.2. The molecule has 0 bridgehead atoms. The second-order valence-electron chi connectivity index (χ2n) is 5.74. The average Bonchev–Trinajstić information content (AvgIpc) is 2.98.